The first-order valence-corrected chi connectivity index (χ1v) is 8.78. The van der Waals surface area contributed by atoms with Gasteiger partial charge < -0.3 is 4.52 Å². The second-order valence-electron chi connectivity index (χ2n) is 5.17. The molecule has 3 rings (SSSR count). The fraction of sp³-hybridized carbons (Fsp3) is 0.188. The van der Waals surface area contributed by atoms with Crippen LogP contribution >= 0.6 is 0 Å². The van der Waals surface area contributed by atoms with Crippen LogP contribution in [0.5, 0.6) is 0 Å². The summed E-state index contributed by atoms with van der Waals surface area (Å²) in [5.41, 5.74) is 1.10. The van der Waals surface area contributed by atoms with E-state index < -0.39 is 15.9 Å². The molecule has 0 saturated heterocycles. The van der Waals surface area contributed by atoms with Gasteiger partial charge in [0.05, 0.1) is 16.1 Å². The number of benzene rings is 1. The minimum Gasteiger partial charge on any atom is -0.361 e. The lowest BCUT2D eigenvalue weighted by atomic mass is 10.1. The van der Waals surface area contributed by atoms with E-state index in [4.69, 9.17) is 4.52 Å². The van der Waals surface area contributed by atoms with Gasteiger partial charge in [-0.25, -0.2) is 13.1 Å². The summed E-state index contributed by atoms with van der Waals surface area (Å²) in [6.07, 6.45) is 2.03. The van der Waals surface area contributed by atoms with Gasteiger partial charge >= 0.3 is 0 Å². The molecule has 0 radical (unpaired) electrons. The first-order valence-electron chi connectivity index (χ1n) is 7.30. The van der Waals surface area contributed by atoms with Crippen LogP contribution in [-0.2, 0) is 16.4 Å². The van der Waals surface area contributed by atoms with E-state index in [-0.39, 0.29) is 16.2 Å². The second-order valence-corrected chi connectivity index (χ2v) is 6.83. The molecule has 0 unspecified atom stereocenters. The number of pyridine rings is 1. The molecule has 0 aliphatic rings. The minimum absolute atomic E-state index is 0.00592. The highest BCUT2D eigenvalue weighted by Gasteiger charge is 2.25. The van der Waals surface area contributed by atoms with E-state index >= 15 is 0 Å². The molecule has 8 heteroatoms. The van der Waals surface area contributed by atoms with Gasteiger partial charge in [-0.1, -0.05) is 18.1 Å². The first-order chi connectivity index (χ1) is 11.4. The van der Waals surface area contributed by atoms with E-state index in [0.29, 0.717) is 23.0 Å². The van der Waals surface area contributed by atoms with E-state index in [1.807, 2.05) is 0 Å². The largest absolute Gasteiger partial charge is 0.361 e. The van der Waals surface area contributed by atoms with Crippen molar-refractivity contribution in [1.29, 1.82) is 0 Å². The predicted octanol–water partition coefficient (Wildman–Crippen LogP) is 2.21. The third kappa shape index (κ3) is 2.76. The topological polar surface area (TPSA) is 102 Å². The number of aryl methyl sites for hydroxylation is 2. The fourth-order valence-electron chi connectivity index (χ4n) is 2.49. The molecular weight excluding hydrogens is 330 g/mol. The number of amides is 1. The molecule has 1 amide bonds. The van der Waals surface area contributed by atoms with Crippen molar-refractivity contribution in [3.05, 3.63) is 53.5 Å². The molecule has 2 aromatic heterocycles. The Morgan fingerprint density at radius 3 is 2.79 bits per heavy atom. The summed E-state index contributed by atoms with van der Waals surface area (Å²) in [4.78, 5) is 16.5. The average molecular weight is 345 g/mol. The van der Waals surface area contributed by atoms with E-state index in [0.717, 1.165) is 0 Å². The zero-order valence-electron chi connectivity index (χ0n) is 13.1. The quantitative estimate of drug-likeness (QED) is 0.778. The number of hydrogen-bond acceptors (Lipinski definition) is 6. The molecular formula is C16H15N3O4S. The van der Waals surface area contributed by atoms with Gasteiger partial charge in [0.2, 0.25) is 0 Å². The highest BCUT2D eigenvalue weighted by molar-refractivity contribution is 7.90. The molecule has 0 saturated carbocycles. The number of sulfonamides is 1. The van der Waals surface area contributed by atoms with Crippen LogP contribution in [0.2, 0.25) is 0 Å². The molecule has 0 atom stereocenters. The van der Waals surface area contributed by atoms with Crippen LogP contribution in [-0.4, -0.2) is 24.5 Å². The Morgan fingerprint density at radius 2 is 2.04 bits per heavy atom. The van der Waals surface area contributed by atoms with E-state index in [9.17, 15) is 13.2 Å². The molecule has 24 heavy (non-hydrogen) atoms. The van der Waals surface area contributed by atoms with Gasteiger partial charge in [0.25, 0.3) is 15.9 Å². The summed E-state index contributed by atoms with van der Waals surface area (Å²) in [5, 5.41) is 4.21. The Balaban J connectivity index is 2.02. The van der Waals surface area contributed by atoms with Crippen LogP contribution in [0.3, 0.4) is 0 Å². The number of aromatic nitrogens is 2. The number of nitrogens with zero attached hydrogens (tertiary/aromatic N) is 2. The van der Waals surface area contributed by atoms with Crippen molar-refractivity contribution in [2.75, 3.05) is 0 Å². The van der Waals surface area contributed by atoms with Gasteiger partial charge in [-0.2, -0.15) is 0 Å². The molecule has 124 valence electrons. The molecule has 1 aromatic carbocycles. The lowest BCUT2D eigenvalue weighted by Gasteiger charge is -2.09. The SMILES string of the molecule is CCc1noc(C)c1C(=O)NS(=O)(=O)c1cccc2ncccc12. The van der Waals surface area contributed by atoms with Crippen molar-refractivity contribution in [2.24, 2.45) is 0 Å². The van der Waals surface area contributed by atoms with Crippen LogP contribution in [0.15, 0.2) is 45.9 Å². The van der Waals surface area contributed by atoms with E-state index in [1.165, 1.54) is 6.07 Å². The zero-order chi connectivity index (χ0) is 17.3. The van der Waals surface area contributed by atoms with Crippen LogP contribution in [0.4, 0.5) is 0 Å². The number of carbonyl (C=O) groups is 1. The van der Waals surface area contributed by atoms with Crippen LogP contribution in [0.1, 0.15) is 28.7 Å². The normalized spacial score (nSPS) is 11.6. The lowest BCUT2D eigenvalue weighted by Crippen LogP contribution is -2.31. The summed E-state index contributed by atoms with van der Waals surface area (Å²) in [7, 11) is -4.06. The molecule has 3 aromatic rings. The Hall–Kier alpha value is -2.74. The van der Waals surface area contributed by atoms with E-state index in [1.54, 1.807) is 44.3 Å². The van der Waals surface area contributed by atoms with Crippen molar-refractivity contribution in [3.8, 4) is 0 Å². The monoisotopic (exact) mass is 345 g/mol. The third-order valence-corrected chi connectivity index (χ3v) is 5.01. The van der Waals surface area contributed by atoms with Gasteiger partial charge in [-0.15, -0.1) is 0 Å². The molecule has 0 aliphatic carbocycles. The number of rotatable bonds is 4. The Morgan fingerprint density at radius 1 is 1.25 bits per heavy atom. The fourth-order valence-corrected chi connectivity index (χ4v) is 3.66. The van der Waals surface area contributed by atoms with Gasteiger partial charge in [0.1, 0.15) is 11.3 Å². The number of fused-ring (bicyclic) bond motifs is 1. The predicted molar refractivity (Wildman–Crippen MR) is 87.0 cm³/mol. The maximum Gasteiger partial charge on any atom is 0.270 e. The molecule has 0 fully saturated rings. The van der Waals surface area contributed by atoms with Crippen LogP contribution in [0.25, 0.3) is 10.9 Å². The van der Waals surface area contributed by atoms with E-state index in [2.05, 4.69) is 14.9 Å². The number of carbonyl (C=O) groups excluding carboxylic acids is 1. The smallest absolute Gasteiger partial charge is 0.270 e. The molecule has 7 nitrogen and oxygen atoms in total. The van der Waals surface area contributed by atoms with Crippen LogP contribution < -0.4 is 4.72 Å². The number of nitrogens with one attached hydrogen (secondary N) is 1. The number of hydrogen-bond donors (Lipinski definition) is 1. The highest BCUT2D eigenvalue weighted by Crippen LogP contribution is 2.22. The van der Waals surface area contributed by atoms with Gasteiger partial charge in [-0.05, 0) is 37.6 Å². The summed E-state index contributed by atoms with van der Waals surface area (Å²) in [5.74, 6) is -0.481. The Kier molecular flexibility index (Phi) is 4.06. The zero-order valence-corrected chi connectivity index (χ0v) is 13.9. The molecule has 2 heterocycles. The maximum atomic E-state index is 12.7. The van der Waals surface area contributed by atoms with Gasteiger partial charge in [0.15, 0.2) is 0 Å². The molecule has 0 spiro atoms. The van der Waals surface area contributed by atoms with Crippen molar-refractivity contribution in [1.82, 2.24) is 14.9 Å². The Bertz CT molecular complexity index is 1020. The minimum atomic E-state index is -4.06. The third-order valence-electron chi connectivity index (χ3n) is 3.62. The average Bonchev–Trinajstić information content (AvgIpc) is 2.94. The molecule has 0 aliphatic heterocycles. The summed E-state index contributed by atoms with van der Waals surface area (Å²) < 4.78 is 32.4. The van der Waals surface area contributed by atoms with Crippen molar-refractivity contribution in [3.63, 3.8) is 0 Å². The summed E-state index contributed by atoms with van der Waals surface area (Å²) >= 11 is 0. The molecule has 1 N–H and O–H groups in total. The lowest BCUT2D eigenvalue weighted by molar-refractivity contribution is 0.0979. The van der Waals surface area contributed by atoms with Crippen LogP contribution in [0, 0.1) is 6.92 Å². The van der Waals surface area contributed by atoms with Gasteiger partial charge in [-0.3, -0.25) is 9.78 Å². The summed E-state index contributed by atoms with van der Waals surface area (Å²) in [6, 6.07) is 8.00. The summed E-state index contributed by atoms with van der Waals surface area (Å²) in [6.45, 7) is 3.37. The molecule has 0 bridgehead atoms. The Labute approximate surface area is 138 Å². The first kappa shape index (κ1) is 16.1. The van der Waals surface area contributed by atoms with Crippen molar-refractivity contribution >= 4 is 26.8 Å². The highest BCUT2D eigenvalue weighted by atomic mass is 32.2. The van der Waals surface area contributed by atoms with Crippen molar-refractivity contribution in [2.45, 2.75) is 25.2 Å². The van der Waals surface area contributed by atoms with Crippen molar-refractivity contribution < 1.29 is 17.7 Å². The maximum absolute atomic E-state index is 12.7. The van der Waals surface area contributed by atoms with Gasteiger partial charge in [0, 0.05) is 11.6 Å². The second kappa shape index (κ2) is 6.04. The standard InChI is InChI=1S/C16H15N3O4S/c1-3-12-15(10(2)23-18-12)16(20)19-24(21,22)14-8-4-7-13-11(14)6-5-9-17-13/h4-9H,3H2,1-2H3,(H,19,20).